The average Bonchev–Trinajstić information content (AvgIpc) is 2.84. The van der Waals surface area contributed by atoms with Crippen LogP contribution in [0.25, 0.3) is 0 Å². The predicted molar refractivity (Wildman–Crippen MR) is 153 cm³/mol. The van der Waals surface area contributed by atoms with Gasteiger partial charge in [-0.25, -0.2) is 0 Å². The van der Waals surface area contributed by atoms with Gasteiger partial charge in [0.2, 0.25) is 0 Å². The van der Waals surface area contributed by atoms with E-state index in [2.05, 4.69) is 4.90 Å². The molecule has 0 fully saturated rings. The van der Waals surface area contributed by atoms with Gasteiger partial charge < -0.3 is 19.8 Å². The lowest BCUT2D eigenvalue weighted by Gasteiger charge is -2.18. The number of hydrogen-bond donors (Lipinski definition) is 2. The molecule has 2 N–H and O–H groups in total. The van der Waals surface area contributed by atoms with E-state index >= 15 is 0 Å². The quantitative estimate of drug-likeness (QED) is 0.0798. The zero-order chi connectivity index (χ0) is 27.6. The number of carbonyl (C=O) groups excluding carboxylic acids is 1. The maximum Gasteiger partial charge on any atom is 0.309 e. The lowest BCUT2D eigenvalue weighted by atomic mass is 10.1. The summed E-state index contributed by atoms with van der Waals surface area (Å²) in [6, 6.07) is 0. The van der Waals surface area contributed by atoms with Crippen molar-refractivity contribution in [3.8, 4) is 0 Å². The van der Waals surface area contributed by atoms with Crippen LogP contribution in [0.5, 0.6) is 0 Å². The fourth-order valence-electron chi connectivity index (χ4n) is 4.18. The Morgan fingerprint density at radius 1 is 0.676 bits per heavy atom. The second-order valence-electron chi connectivity index (χ2n) is 10.5. The van der Waals surface area contributed by atoms with Gasteiger partial charge in [-0.1, -0.05) is 77.0 Å². The standard InChI is InChI=1S/C29H55NO6S/c1-30(2)22-21-26(25-37-24-18-14-10-6-4-8-12-16-20-28(33)34)29(35)36-23-17-13-9-5-3-7-11-15-19-27(31)32/h26H,3-25H2,1-2H3,(H,31,32)(H,33,34). The fourth-order valence-corrected chi connectivity index (χ4v) is 5.34. The minimum Gasteiger partial charge on any atom is -0.481 e. The van der Waals surface area contributed by atoms with Crippen molar-refractivity contribution in [3.63, 3.8) is 0 Å². The molecular weight excluding hydrogens is 490 g/mol. The van der Waals surface area contributed by atoms with E-state index in [0.29, 0.717) is 13.0 Å². The first-order valence-electron chi connectivity index (χ1n) is 14.7. The summed E-state index contributed by atoms with van der Waals surface area (Å²) in [4.78, 5) is 35.8. The van der Waals surface area contributed by atoms with Gasteiger partial charge in [0, 0.05) is 18.6 Å². The first-order chi connectivity index (χ1) is 17.8. The van der Waals surface area contributed by atoms with E-state index in [9.17, 15) is 14.4 Å². The van der Waals surface area contributed by atoms with Gasteiger partial charge in [0.05, 0.1) is 12.5 Å². The molecule has 8 heteroatoms. The molecule has 1 unspecified atom stereocenters. The predicted octanol–water partition coefficient (Wildman–Crippen LogP) is 7.02. The van der Waals surface area contributed by atoms with Crippen LogP contribution in [0.2, 0.25) is 0 Å². The van der Waals surface area contributed by atoms with Gasteiger partial charge in [0.1, 0.15) is 0 Å². The summed E-state index contributed by atoms with van der Waals surface area (Å²) < 4.78 is 5.62. The van der Waals surface area contributed by atoms with Crippen LogP contribution < -0.4 is 0 Å². The van der Waals surface area contributed by atoms with E-state index < -0.39 is 11.9 Å². The third kappa shape index (κ3) is 27.6. The van der Waals surface area contributed by atoms with Gasteiger partial charge in [-0.3, -0.25) is 14.4 Å². The number of aliphatic carboxylic acids is 2. The Labute approximate surface area is 230 Å². The second kappa shape index (κ2) is 26.3. The summed E-state index contributed by atoms with van der Waals surface area (Å²) in [7, 11) is 4.07. The molecular formula is C29H55NO6S. The lowest BCUT2D eigenvalue weighted by Crippen LogP contribution is -2.25. The summed E-state index contributed by atoms with van der Waals surface area (Å²) in [5, 5.41) is 17.3. The molecule has 0 aliphatic heterocycles. The Balaban J connectivity index is 3.80. The van der Waals surface area contributed by atoms with Crippen molar-refractivity contribution in [2.45, 2.75) is 122 Å². The third-order valence-electron chi connectivity index (χ3n) is 6.54. The van der Waals surface area contributed by atoms with Crippen LogP contribution in [-0.4, -0.2) is 71.8 Å². The van der Waals surface area contributed by atoms with Crippen LogP contribution in [-0.2, 0) is 19.1 Å². The summed E-state index contributed by atoms with van der Waals surface area (Å²) in [6.45, 7) is 1.40. The molecule has 0 saturated heterocycles. The number of nitrogens with zero attached hydrogens (tertiary/aromatic N) is 1. The highest BCUT2D eigenvalue weighted by atomic mass is 32.2. The SMILES string of the molecule is CN(C)CCC(CSCCCCCCCCCCC(=O)O)C(=O)OCCCCCCCCCCC(=O)O. The molecule has 218 valence electrons. The molecule has 7 nitrogen and oxygen atoms in total. The van der Waals surface area contributed by atoms with Gasteiger partial charge >= 0.3 is 17.9 Å². The van der Waals surface area contributed by atoms with E-state index in [4.69, 9.17) is 14.9 Å². The van der Waals surface area contributed by atoms with Crippen molar-refractivity contribution in [1.29, 1.82) is 0 Å². The van der Waals surface area contributed by atoms with Gasteiger partial charge in [0.25, 0.3) is 0 Å². The number of esters is 1. The first-order valence-corrected chi connectivity index (χ1v) is 15.8. The molecule has 0 aliphatic rings. The Morgan fingerprint density at radius 2 is 1.11 bits per heavy atom. The lowest BCUT2D eigenvalue weighted by molar-refractivity contribution is -0.148. The van der Waals surface area contributed by atoms with E-state index in [1.807, 2.05) is 25.9 Å². The fraction of sp³-hybridized carbons (Fsp3) is 0.897. The number of carbonyl (C=O) groups is 3. The maximum atomic E-state index is 12.7. The minimum absolute atomic E-state index is 0.0380. The monoisotopic (exact) mass is 545 g/mol. The Bertz CT molecular complexity index is 573. The Hall–Kier alpha value is -1.28. The zero-order valence-electron chi connectivity index (χ0n) is 23.7. The molecule has 0 rings (SSSR count). The maximum absolute atomic E-state index is 12.7. The number of ether oxygens (including phenoxy) is 1. The number of carboxylic acid groups (broad SMARTS) is 2. The van der Waals surface area contributed by atoms with Crippen molar-refractivity contribution in [3.05, 3.63) is 0 Å². The van der Waals surface area contributed by atoms with Gasteiger partial charge in [-0.15, -0.1) is 0 Å². The number of carboxylic acids is 2. The van der Waals surface area contributed by atoms with E-state index in [1.165, 1.54) is 32.1 Å². The zero-order valence-corrected chi connectivity index (χ0v) is 24.5. The highest BCUT2D eigenvalue weighted by molar-refractivity contribution is 7.99. The molecule has 0 aromatic heterocycles. The summed E-state index contributed by atoms with van der Waals surface area (Å²) in [5.74, 6) is 0.433. The number of rotatable bonds is 28. The smallest absolute Gasteiger partial charge is 0.309 e. The van der Waals surface area contributed by atoms with Crippen molar-refractivity contribution >= 4 is 29.7 Å². The van der Waals surface area contributed by atoms with E-state index in [0.717, 1.165) is 95.1 Å². The molecule has 0 radical (unpaired) electrons. The molecule has 1 atom stereocenters. The van der Waals surface area contributed by atoms with Gasteiger partial charge in [0.15, 0.2) is 0 Å². The van der Waals surface area contributed by atoms with Crippen LogP contribution in [0, 0.1) is 5.92 Å². The summed E-state index contributed by atoms with van der Waals surface area (Å²) in [6.07, 6.45) is 18.7. The Morgan fingerprint density at radius 3 is 1.57 bits per heavy atom. The highest BCUT2D eigenvalue weighted by Gasteiger charge is 2.20. The molecule has 37 heavy (non-hydrogen) atoms. The topological polar surface area (TPSA) is 104 Å². The van der Waals surface area contributed by atoms with Crippen molar-refractivity contribution in [2.75, 3.05) is 38.8 Å². The number of thioether (sulfide) groups is 1. The summed E-state index contributed by atoms with van der Waals surface area (Å²) >= 11 is 1.87. The molecule has 0 aromatic rings. The van der Waals surface area contributed by atoms with Crippen LogP contribution in [0.1, 0.15) is 122 Å². The first kappa shape index (κ1) is 35.7. The third-order valence-corrected chi connectivity index (χ3v) is 7.75. The van der Waals surface area contributed by atoms with Crippen molar-refractivity contribution < 1.29 is 29.3 Å². The molecule has 0 heterocycles. The van der Waals surface area contributed by atoms with Crippen LogP contribution in [0.3, 0.4) is 0 Å². The van der Waals surface area contributed by atoms with E-state index in [-0.39, 0.29) is 18.3 Å². The van der Waals surface area contributed by atoms with Crippen LogP contribution in [0.15, 0.2) is 0 Å². The largest absolute Gasteiger partial charge is 0.481 e. The molecule has 0 aromatic carbocycles. The molecule has 0 saturated carbocycles. The molecule has 0 bridgehead atoms. The second-order valence-corrected chi connectivity index (χ2v) is 11.6. The van der Waals surface area contributed by atoms with Crippen molar-refractivity contribution in [1.82, 2.24) is 4.90 Å². The normalized spacial score (nSPS) is 12.1. The van der Waals surface area contributed by atoms with Crippen LogP contribution in [0.4, 0.5) is 0 Å². The Kier molecular flexibility index (Phi) is 25.4. The molecule has 0 spiro atoms. The summed E-state index contributed by atoms with van der Waals surface area (Å²) in [5.41, 5.74) is 0. The van der Waals surface area contributed by atoms with Crippen molar-refractivity contribution in [2.24, 2.45) is 5.92 Å². The average molecular weight is 546 g/mol. The van der Waals surface area contributed by atoms with Gasteiger partial charge in [-0.05, 0) is 58.5 Å². The molecule has 0 aliphatic carbocycles. The van der Waals surface area contributed by atoms with Crippen LogP contribution >= 0.6 is 11.8 Å². The molecule has 0 amide bonds. The highest BCUT2D eigenvalue weighted by Crippen LogP contribution is 2.18. The van der Waals surface area contributed by atoms with E-state index in [1.54, 1.807) is 0 Å². The van der Waals surface area contributed by atoms with Gasteiger partial charge in [-0.2, -0.15) is 11.8 Å². The number of hydrogen-bond acceptors (Lipinski definition) is 6. The minimum atomic E-state index is -0.705. The number of unbranched alkanes of at least 4 members (excludes halogenated alkanes) is 14.